The lowest BCUT2D eigenvalue weighted by atomic mass is 9.85. The molecule has 1 aliphatic heterocycles. The first kappa shape index (κ1) is 9.82. The second kappa shape index (κ2) is 3.06. The third kappa shape index (κ3) is 1.09. The van der Waals surface area contributed by atoms with Gasteiger partial charge in [0, 0.05) is 11.8 Å². The summed E-state index contributed by atoms with van der Waals surface area (Å²) in [5.74, 6) is 0.382. The molecule has 3 unspecified atom stereocenters. The third-order valence-corrected chi connectivity index (χ3v) is 3.83. The van der Waals surface area contributed by atoms with E-state index in [0.29, 0.717) is 5.92 Å². The number of hydrogen-bond donors (Lipinski definition) is 1. The van der Waals surface area contributed by atoms with Crippen LogP contribution in [0.3, 0.4) is 0 Å². The van der Waals surface area contributed by atoms with Gasteiger partial charge in [0.05, 0.1) is 11.8 Å². The molecular weight excluding hydrogens is 202 g/mol. The highest BCUT2D eigenvalue weighted by Gasteiger charge is 2.58. The first-order chi connectivity index (χ1) is 7.59. The van der Waals surface area contributed by atoms with Gasteiger partial charge in [0.1, 0.15) is 0 Å². The van der Waals surface area contributed by atoms with Gasteiger partial charge in [-0.3, -0.25) is 14.9 Å². The Morgan fingerprint density at radius 2 is 1.62 bits per heavy atom. The molecule has 84 valence electrons. The van der Waals surface area contributed by atoms with Gasteiger partial charge in [-0.1, -0.05) is 37.6 Å². The van der Waals surface area contributed by atoms with Crippen LogP contribution in [0.2, 0.25) is 0 Å². The van der Waals surface area contributed by atoms with E-state index in [-0.39, 0.29) is 35.5 Å². The Hall–Kier alpha value is -1.38. The molecule has 3 nitrogen and oxygen atoms in total. The standard InChI is InChI=1S/C13H15NO2/c1-6(2)5-9-7-3-4-8(9)11-10(7)12(15)14-13(11)16/h3-8,10-11H,1-2H3,(H,14,15,16)/t7?,8?,10-,11?/m1/s1. The summed E-state index contributed by atoms with van der Waals surface area (Å²) in [6.07, 6.45) is 6.41. The number of imide groups is 1. The first-order valence-corrected chi connectivity index (χ1v) is 5.84. The number of allylic oxidation sites excluding steroid dienone is 4. The molecule has 2 amide bonds. The molecular formula is C13H15NO2. The number of hydrogen-bond acceptors (Lipinski definition) is 2. The molecule has 3 aliphatic rings. The van der Waals surface area contributed by atoms with Gasteiger partial charge >= 0.3 is 0 Å². The van der Waals surface area contributed by atoms with Crippen LogP contribution >= 0.6 is 0 Å². The highest BCUT2D eigenvalue weighted by Crippen LogP contribution is 2.54. The number of carbonyl (C=O) groups excluding carboxylic acids is 2. The van der Waals surface area contributed by atoms with Crippen molar-refractivity contribution in [1.29, 1.82) is 0 Å². The summed E-state index contributed by atoms with van der Waals surface area (Å²) in [7, 11) is 0. The van der Waals surface area contributed by atoms with Crippen molar-refractivity contribution >= 4 is 11.8 Å². The van der Waals surface area contributed by atoms with Gasteiger partial charge in [-0.15, -0.1) is 0 Å². The lowest BCUT2D eigenvalue weighted by Gasteiger charge is -2.13. The zero-order valence-electron chi connectivity index (χ0n) is 9.44. The Bertz CT molecular complexity index is 401. The number of rotatable bonds is 1. The number of nitrogens with one attached hydrogen (secondary N) is 1. The van der Waals surface area contributed by atoms with Crippen LogP contribution < -0.4 is 5.32 Å². The Morgan fingerprint density at radius 3 is 2.06 bits per heavy atom. The molecule has 3 rings (SSSR count). The van der Waals surface area contributed by atoms with Crippen LogP contribution in [0.1, 0.15) is 13.8 Å². The molecule has 1 saturated carbocycles. The fourth-order valence-corrected chi connectivity index (χ4v) is 3.33. The van der Waals surface area contributed by atoms with Crippen LogP contribution in [0.25, 0.3) is 0 Å². The lowest BCUT2D eigenvalue weighted by molar-refractivity contribution is -0.126. The molecule has 0 aromatic heterocycles. The SMILES string of the molecule is CC(C)C=C1C2C=CC1[C@H]1C(=O)NC(=O)C21. The molecule has 0 aromatic carbocycles. The summed E-state index contributed by atoms with van der Waals surface area (Å²) in [6.45, 7) is 4.25. The second-order valence-corrected chi connectivity index (χ2v) is 5.25. The Labute approximate surface area is 94.6 Å². The highest BCUT2D eigenvalue weighted by atomic mass is 16.2. The highest BCUT2D eigenvalue weighted by molar-refractivity contribution is 6.07. The predicted octanol–water partition coefficient (Wildman–Crippen LogP) is 1.27. The van der Waals surface area contributed by atoms with Crippen molar-refractivity contribution in [3.8, 4) is 0 Å². The third-order valence-electron chi connectivity index (χ3n) is 3.83. The largest absolute Gasteiger partial charge is 0.296 e. The van der Waals surface area contributed by atoms with Crippen LogP contribution in [0.5, 0.6) is 0 Å². The Balaban J connectivity index is 2.03. The lowest BCUT2D eigenvalue weighted by Crippen LogP contribution is -2.25. The summed E-state index contributed by atoms with van der Waals surface area (Å²) in [5, 5.41) is 2.45. The van der Waals surface area contributed by atoms with E-state index in [0.717, 1.165) is 0 Å². The van der Waals surface area contributed by atoms with Gasteiger partial charge < -0.3 is 0 Å². The van der Waals surface area contributed by atoms with Crippen LogP contribution in [-0.2, 0) is 9.59 Å². The minimum atomic E-state index is -0.132. The maximum atomic E-state index is 11.7. The van der Waals surface area contributed by atoms with E-state index >= 15 is 0 Å². The molecule has 2 fully saturated rings. The van der Waals surface area contributed by atoms with Gasteiger partial charge in [-0.25, -0.2) is 0 Å². The van der Waals surface area contributed by atoms with Crippen molar-refractivity contribution in [2.75, 3.05) is 0 Å². The number of amides is 2. The van der Waals surface area contributed by atoms with Crippen LogP contribution in [0, 0.1) is 29.6 Å². The van der Waals surface area contributed by atoms with Crippen LogP contribution in [0.15, 0.2) is 23.8 Å². The Kier molecular flexibility index (Phi) is 1.88. The molecule has 16 heavy (non-hydrogen) atoms. The molecule has 2 aliphatic carbocycles. The topological polar surface area (TPSA) is 46.2 Å². The molecule has 2 bridgehead atoms. The van der Waals surface area contributed by atoms with E-state index in [1.807, 2.05) is 0 Å². The molecule has 1 heterocycles. The smallest absolute Gasteiger partial charge is 0.231 e. The van der Waals surface area contributed by atoms with Crippen molar-refractivity contribution in [3.05, 3.63) is 23.8 Å². The van der Waals surface area contributed by atoms with Gasteiger partial charge in [-0.05, 0) is 5.92 Å². The Morgan fingerprint density at radius 1 is 1.12 bits per heavy atom. The minimum absolute atomic E-state index is 0.0819. The van der Waals surface area contributed by atoms with Gasteiger partial charge in [0.2, 0.25) is 11.8 Å². The zero-order chi connectivity index (χ0) is 11.4. The summed E-state index contributed by atoms with van der Waals surface area (Å²) in [6, 6.07) is 0. The maximum absolute atomic E-state index is 11.7. The molecule has 4 atom stereocenters. The molecule has 3 heteroatoms. The zero-order valence-corrected chi connectivity index (χ0v) is 9.44. The van der Waals surface area contributed by atoms with E-state index in [9.17, 15) is 9.59 Å². The second-order valence-electron chi connectivity index (χ2n) is 5.25. The summed E-state index contributed by atoms with van der Waals surface area (Å²) < 4.78 is 0. The van der Waals surface area contributed by atoms with E-state index in [1.165, 1.54) is 5.57 Å². The summed E-state index contributed by atoms with van der Waals surface area (Å²) in [4.78, 5) is 23.4. The van der Waals surface area contributed by atoms with Crippen molar-refractivity contribution in [2.24, 2.45) is 29.6 Å². The maximum Gasteiger partial charge on any atom is 0.231 e. The summed E-state index contributed by atoms with van der Waals surface area (Å²) >= 11 is 0. The van der Waals surface area contributed by atoms with E-state index in [2.05, 4.69) is 37.4 Å². The average molecular weight is 217 g/mol. The van der Waals surface area contributed by atoms with Crippen molar-refractivity contribution < 1.29 is 9.59 Å². The fourth-order valence-electron chi connectivity index (χ4n) is 3.33. The van der Waals surface area contributed by atoms with Gasteiger partial charge in [-0.2, -0.15) is 0 Å². The van der Waals surface area contributed by atoms with Crippen LogP contribution in [0.4, 0.5) is 0 Å². The molecule has 0 spiro atoms. The van der Waals surface area contributed by atoms with Crippen molar-refractivity contribution in [2.45, 2.75) is 13.8 Å². The van der Waals surface area contributed by atoms with E-state index < -0.39 is 0 Å². The quantitative estimate of drug-likeness (QED) is 0.531. The number of fused-ring (bicyclic) bond motifs is 5. The molecule has 0 radical (unpaired) electrons. The first-order valence-electron chi connectivity index (χ1n) is 5.84. The van der Waals surface area contributed by atoms with Crippen molar-refractivity contribution in [1.82, 2.24) is 5.32 Å². The average Bonchev–Trinajstić information content (AvgIpc) is 2.79. The van der Waals surface area contributed by atoms with E-state index in [4.69, 9.17) is 0 Å². The molecule has 0 aromatic rings. The van der Waals surface area contributed by atoms with E-state index in [1.54, 1.807) is 0 Å². The number of carbonyl (C=O) groups is 2. The predicted molar refractivity (Wildman–Crippen MR) is 59.2 cm³/mol. The van der Waals surface area contributed by atoms with Gasteiger partial charge in [0.25, 0.3) is 0 Å². The molecule has 1 N–H and O–H groups in total. The summed E-state index contributed by atoms with van der Waals surface area (Å²) in [5.41, 5.74) is 1.29. The molecule has 1 saturated heterocycles. The van der Waals surface area contributed by atoms with Crippen LogP contribution in [-0.4, -0.2) is 11.8 Å². The normalized spacial score (nSPS) is 42.3. The minimum Gasteiger partial charge on any atom is -0.296 e. The monoisotopic (exact) mass is 217 g/mol. The van der Waals surface area contributed by atoms with Gasteiger partial charge in [0.15, 0.2) is 0 Å². The van der Waals surface area contributed by atoms with Crippen molar-refractivity contribution in [3.63, 3.8) is 0 Å². The fraction of sp³-hybridized carbons (Fsp3) is 0.538.